The Morgan fingerprint density at radius 2 is 1.69 bits per heavy atom. The molecule has 35 heavy (non-hydrogen) atoms. The summed E-state index contributed by atoms with van der Waals surface area (Å²) >= 11 is 0. The molecule has 0 amide bonds. The van der Waals surface area contributed by atoms with E-state index < -0.39 is 35.2 Å². The number of aromatic nitrogens is 2. The molecule has 0 saturated heterocycles. The summed E-state index contributed by atoms with van der Waals surface area (Å²) in [5, 5.41) is 0. The summed E-state index contributed by atoms with van der Waals surface area (Å²) in [4.78, 5) is 50.1. The smallest absolute Gasteiger partial charge is 0.332 e. The van der Waals surface area contributed by atoms with Gasteiger partial charge in [0.15, 0.2) is 18.1 Å². The average Bonchev–Trinajstić information content (AvgIpc) is 2.88. The van der Waals surface area contributed by atoms with Crippen LogP contribution in [0.4, 0.5) is 5.82 Å². The molecule has 10 heteroatoms. The predicted octanol–water partition coefficient (Wildman–Crippen LogP) is 1.63. The zero-order chi connectivity index (χ0) is 25.5. The number of ketones is 1. The summed E-state index contributed by atoms with van der Waals surface area (Å²) in [5.41, 5.74) is 5.49. The van der Waals surface area contributed by atoms with Crippen LogP contribution < -0.4 is 26.5 Å². The van der Waals surface area contributed by atoms with Crippen molar-refractivity contribution < 1.29 is 23.8 Å². The number of esters is 1. The summed E-state index contributed by atoms with van der Waals surface area (Å²) < 4.78 is 17.3. The molecule has 0 saturated carbocycles. The van der Waals surface area contributed by atoms with E-state index in [2.05, 4.69) is 0 Å². The molecule has 2 N–H and O–H groups in total. The SMILES string of the molecule is COc1ccc(C=CC(=O)OCC(=O)c2c(N)n(Cc3ccccc3)c(=O)n(C)c2=O)cc1OC. The number of anilines is 1. The minimum absolute atomic E-state index is 0.0632. The van der Waals surface area contributed by atoms with Crippen LogP contribution in [0.1, 0.15) is 21.5 Å². The van der Waals surface area contributed by atoms with Crippen LogP contribution in [0, 0.1) is 0 Å². The highest BCUT2D eigenvalue weighted by Crippen LogP contribution is 2.27. The van der Waals surface area contributed by atoms with Gasteiger partial charge in [-0.3, -0.25) is 18.7 Å². The maximum atomic E-state index is 12.7. The number of methoxy groups -OCH3 is 2. The molecule has 2 aromatic carbocycles. The standard InChI is InChI=1S/C25H25N3O7/c1-27-24(31)22(23(26)28(25(27)32)14-17-7-5-4-6-8-17)18(29)15-35-21(30)12-10-16-9-11-19(33-2)20(13-16)34-3/h4-13H,14-15,26H2,1-3H3. The van der Waals surface area contributed by atoms with E-state index in [0.717, 1.165) is 20.8 Å². The monoisotopic (exact) mass is 479 g/mol. The first-order valence-corrected chi connectivity index (χ1v) is 10.5. The lowest BCUT2D eigenvalue weighted by Crippen LogP contribution is -2.43. The highest BCUT2D eigenvalue weighted by Gasteiger charge is 2.22. The molecular formula is C25H25N3O7. The number of carbonyl (C=O) groups excluding carboxylic acids is 2. The molecule has 3 rings (SSSR count). The Kier molecular flexibility index (Phi) is 7.88. The van der Waals surface area contributed by atoms with Crippen molar-refractivity contribution in [3.63, 3.8) is 0 Å². The number of rotatable bonds is 9. The van der Waals surface area contributed by atoms with Gasteiger partial charge in [-0.2, -0.15) is 0 Å². The van der Waals surface area contributed by atoms with Crippen molar-refractivity contribution in [3.8, 4) is 11.5 Å². The van der Waals surface area contributed by atoms with Crippen molar-refractivity contribution in [1.82, 2.24) is 9.13 Å². The topological polar surface area (TPSA) is 132 Å². The summed E-state index contributed by atoms with van der Waals surface area (Å²) in [6, 6.07) is 14.0. The second kappa shape index (κ2) is 11.0. The molecule has 1 heterocycles. The summed E-state index contributed by atoms with van der Waals surface area (Å²) in [5.74, 6) is -0.900. The first-order chi connectivity index (χ1) is 16.8. The largest absolute Gasteiger partial charge is 0.493 e. The number of Topliss-reactive ketones (excluding diaryl/α,β-unsaturated/α-hetero) is 1. The number of nitrogens with two attached hydrogens (primary N) is 1. The normalized spacial score (nSPS) is 10.8. The molecule has 3 aromatic rings. The molecule has 0 spiro atoms. The molecule has 0 radical (unpaired) electrons. The molecule has 0 aliphatic rings. The number of nitrogens with zero attached hydrogens (tertiary/aromatic N) is 2. The van der Waals surface area contributed by atoms with Gasteiger partial charge in [-0.1, -0.05) is 36.4 Å². The van der Waals surface area contributed by atoms with Gasteiger partial charge in [0.05, 0.1) is 20.8 Å². The summed E-state index contributed by atoms with van der Waals surface area (Å²) in [7, 11) is 4.25. The minimum Gasteiger partial charge on any atom is -0.493 e. The average molecular weight is 479 g/mol. The number of nitrogen functional groups attached to an aromatic ring is 1. The van der Waals surface area contributed by atoms with E-state index in [-0.39, 0.29) is 12.4 Å². The van der Waals surface area contributed by atoms with E-state index in [1.54, 1.807) is 42.5 Å². The molecule has 182 valence electrons. The van der Waals surface area contributed by atoms with E-state index >= 15 is 0 Å². The number of hydrogen-bond acceptors (Lipinski definition) is 8. The zero-order valence-corrected chi connectivity index (χ0v) is 19.5. The third kappa shape index (κ3) is 5.67. The zero-order valence-electron chi connectivity index (χ0n) is 19.5. The molecular weight excluding hydrogens is 454 g/mol. The van der Waals surface area contributed by atoms with E-state index in [1.165, 1.54) is 27.3 Å². The predicted molar refractivity (Wildman–Crippen MR) is 130 cm³/mol. The fourth-order valence-corrected chi connectivity index (χ4v) is 3.34. The molecule has 0 bridgehead atoms. The Hall–Kier alpha value is -4.60. The number of hydrogen-bond donors (Lipinski definition) is 1. The first kappa shape index (κ1) is 25.0. The van der Waals surface area contributed by atoms with E-state index in [1.807, 2.05) is 6.07 Å². The lowest BCUT2D eigenvalue weighted by molar-refractivity contribution is -0.136. The summed E-state index contributed by atoms with van der Waals surface area (Å²) in [6.45, 7) is -0.661. The van der Waals surface area contributed by atoms with Crippen molar-refractivity contribution in [2.45, 2.75) is 6.54 Å². The van der Waals surface area contributed by atoms with Crippen molar-refractivity contribution >= 4 is 23.6 Å². The molecule has 0 atom stereocenters. The van der Waals surface area contributed by atoms with Crippen LogP contribution in [0.15, 0.2) is 64.2 Å². The molecule has 0 fully saturated rings. The van der Waals surface area contributed by atoms with Gasteiger partial charge in [0, 0.05) is 13.1 Å². The van der Waals surface area contributed by atoms with E-state index in [4.69, 9.17) is 19.9 Å². The van der Waals surface area contributed by atoms with Crippen molar-refractivity contribution in [2.75, 3.05) is 26.6 Å². The van der Waals surface area contributed by atoms with Crippen LogP contribution in [0.25, 0.3) is 6.08 Å². The van der Waals surface area contributed by atoms with Crippen LogP contribution in [-0.4, -0.2) is 41.7 Å². The quantitative estimate of drug-likeness (QED) is 0.278. The van der Waals surface area contributed by atoms with Crippen molar-refractivity contribution in [1.29, 1.82) is 0 Å². The molecule has 0 unspecified atom stereocenters. The van der Waals surface area contributed by atoms with E-state index in [9.17, 15) is 19.2 Å². The van der Waals surface area contributed by atoms with Gasteiger partial charge in [-0.05, 0) is 29.3 Å². The van der Waals surface area contributed by atoms with Gasteiger partial charge in [0.2, 0.25) is 5.78 Å². The van der Waals surface area contributed by atoms with Crippen LogP contribution >= 0.6 is 0 Å². The second-order valence-corrected chi connectivity index (χ2v) is 7.46. The van der Waals surface area contributed by atoms with Crippen LogP contribution in [0.5, 0.6) is 11.5 Å². The maximum Gasteiger partial charge on any atom is 0.332 e. The lowest BCUT2D eigenvalue weighted by Gasteiger charge is -2.14. The molecule has 1 aromatic heterocycles. The summed E-state index contributed by atoms with van der Waals surface area (Å²) in [6.07, 6.45) is 2.61. The number of ether oxygens (including phenoxy) is 3. The van der Waals surface area contributed by atoms with Gasteiger partial charge in [-0.15, -0.1) is 0 Å². The highest BCUT2D eigenvalue weighted by atomic mass is 16.5. The Morgan fingerprint density at radius 3 is 2.34 bits per heavy atom. The van der Waals surface area contributed by atoms with Crippen LogP contribution in [0.2, 0.25) is 0 Å². The fourth-order valence-electron chi connectivity index (χ4n) is 3.34. The van der Waals surface area contributed by atoms with Crippen molar-refractivity contribution in [2.24, 2.45) is 7.05 Å². The minimum atomic E-state index is -0.862. The van der Waals surface area contributed by atoms with Crippen LogP contribution in [-0.2, 0) is 23.1 Å². The van der Waals surface area contributed by atoms with Crippen molar-refractivity contribution in [3.05, 3.63) is 92.1 Å². The van der Waals surface area contributed by atoms with Gasteiger partial charge >= 0.3 is 11.7 Å². The Bertz CT molecular complexity index is 1390. The van der Waals surface area contributed by atoms with Gasteiger partial charge in [0.1, 0.15) is 11.4 Å². The van der Waals surface area contributed by atoms with Crippen LogP contribution in [0.3, 0.4) is 0 Å². The lowest BCUT2D eigenvalue weighted by atomic mass is 10.2. The number of carbonyl (C=O) groups is 2. The fraction of sp³-hybridized carbons (Fsp3) is 0.200. The Balaban J connectivity index is 1.76. The van der Waals surface area contributed by atoms with Gasteiger partial charge in [0.25, 0.3) is 5.56 Å². The molecule has 0 aliphatic heterocycles. The Morgan fingerprint density at radius 1 is 1.00 bits per heavy atom. The Labute approximate surface area is 200 Å². The van der Waals surface area contributed by atoms with Gasteiger partial charge < -0.3 is 19.9 Å². The van der Waals surface area contributed by atoms with E-state index in [0.29, 0.717) is 17.1 Å². The van der Waals surface area contributed by atoms with Gasteiger partial charge in [-0.25, -0.2) is 9.59 Å². The third-order valence-electron chi connectivity index (χ3n) is 5.21. The molecule has 0 aliphatic carbocycles. The maximum absolute atomic E-state index is 12.7. The number of benzene rings is 2. The third-order valence-corrected chi connectivity index (χ3v) is 5.21. The molecule has 10 nitrogen and oxygen atoms in total. The second-order valence-electron chi connectivity index (χ2n) is 7.46. The highest BCUT2D eigenvalue weighted by molar-refractivity contribution is 6.02. The first-order valence-electron chi connectivity index (χ1n) is 10.5.